The Morgan fingerprint density at radius 2 is 1.76 bits per heavy atom. The molecule has 5 heteroatoms. The maximum Gasteiger partial charge on any atom is 0.104 e. The van der Waals surface area contributed by atoms with Crippen LogP contribution < -0.4 is 0 Å². The van der Waals surface area contributed by atoms with Crippen LogP contribution in [-0.4, -0.2) is 61.6 Å². The molecular weight excluding hydrogens is 224 g/mol. The molecule has 0 radical (unpaired) electrons. The Hall–Kier alpha value is -0.200. The quantitative estimate of drug-likeness (QED) is 0.605. The summed E-state index contributed by atoms with van der Waals surface area (Å²) < 4.78 is 15.1. The molecule has 0 amide bonds. The highest BCUT2D eigenvalue weighted by Gasteiger charge is 2.26. The van der Waals surface area contributed by atoms with Gasteiger partial charge < -0.3 is 24.4 Å². The first kappa shape index (κ1) is 14.9. The van der Waals surface area contributed by atoms with Crippen molar-refractivity contribution < 1.29 is 24.4 Å². The molecule has 0 aromatic heterocycles. The minimum absolute atomic E-state index is 0.0972. The number of aliphatic hydroxyl groups excluding tert-OH is 2. The lowest BCUT2D eigenvalue weighted by Gasteiger charge is -2.02. The van der Waals surface area contributed by atoms with Gasteiger partial charge in [0.2, 0.25) is 0 Å². The predicted octanol–water partition coefficient (Wildman–Crippen LogP) is 0.330. The second kappa shape index (κ2) is 8.83. The molecule has 0 aromatic rings. The highest BCUT2D eigenvalue weighted by Crippen LogP contribution is 2.12. The average molecular weight is 248 g/mol. The van der Waals surface area contributed by atoms with E-state index in [0.29, 0.717) is 12.2 Å². The van der Waals surface area contributed by atoms with Crippen LogP contribution in [0, 0.1) is 0 Å². The Kier molecular flexibility index (Phi) is 7.72. The van der Waals surface area contributed by atoms with E-state index in [9.17, 15) is 0 Å². The van der Waals surface area contributed by atoms with Crippen LogP contribution in [0.5, 0.6) is 0 Å². The van der Waals surface area contributed by atoms with Crippen molar-refractivity contribution in [2.45, 2.75) is 44.5 Å². The zero-order valence-electron chi connectivity index (χ0n) is 10.5. The topological polar surface area (TPSA) is 74.8 Å². The van der Waals surface area contributed by atoms with Gasteiger partial charge in [0.25, 0.3) is 0 Å². The molecule has 2 N–H and O–H groups in total. The van der Waals surface area contributed by atoms with Gasteiger partial charge in [-0.3, -0.25) is 0 Å². The highest BCUT2D eigenvalue weighted by atomic mass is 16.6. The SMILES string of the molecule is C(OCC1CO1)C1CO1.CCCCC(O)CO. The predicted molar refractivity (Wildman–Crippen MR) is 62.9 cm³/mol. The van der Waals surface area contributed by atoms with Crippen LogP contribution >= 0.6 is 0 Å². The van der Waals surface area contributed by atoms with Crippen LogP contribution in [0.25, 0.3) is 0 Å². The summed E-state index contributed by atoms with van der Waals surface area (Å²) in [4.78, 5) is 0. The second-order valence-corrected chi connectivity index (χ2v) is 4.43. The number of hydrogen-bond donors (Lipinski definition) is 2. The van der Waals surface area contributed by atoms with Crippen molar-refractivity contribution in [1.29, 1.82) is 0 Å². The van der Waals surface area contributed by atoms with E-state index in [1.165, 1.54) is 0 Å². The molecular formula is C12H24O5. The number of unbranched alkanes of at least 4 members (excludes halogenated alkanes) is 1. The molecule has 2 rings (SSSR count). The fourth-order valence-corrected chi connectivity index (χ4v) is 1.19. The minimum atomic E-state index is -0.491. The van der Waals surface area contributed by atoms with Crippen LogP contribution in [0.3, 0.4) is 0 Å². The molecule has 0 spiro atoms. The van der Waals surface area contributed by atoms with E-state index < -0.39 is 6.10 Å². The van der Waals surface area contributed by atoms with E-state index in [0.717, 1.165) is 45.7 Å². The van der Waals surface area contributed by atoms with Gasteiger partial charge in [-0.15, -0.1) is 0 Å². The zero-order chi connectivity index (χ0) is 12.5. The highest BCUT2D eigenvalue weighted by molar-refractivity contribution is 4.71. The van der Waals surface area contributed by atoms with Gasteiger partial charge in [0.05, 0.1) is 39.1 Å². The number of hydrogen-bond acceptors (Lipinski definition) is 5. The zero-order valence-corrected chi connectivity index (χ0v) is 10.5. The smallest absolute Gasteiger partial charge is 0.104 e. The Morgan fingerprint density at radius 1 is 1.24 bits per heavy atom. The van der Waals surface area contributed by atoms with Crippen LogP contribution in [0.15, 0.2) is 0 Å². The standard InChI is InChI=1S/C6H10O3.C6H14O2/c1(5-3-8-5)7-2-6-4-9-6;1-2-3-4-6(8)5-7/h5-6H,1-4H2;6-8H,2-5H2,1H3. The van der Waals surface area contributed by atoms with Crippen LogP contribution in [0.1, 0.15) is 26.2 Å². The monoisotopic (exact) mass is 248 g/mol. The van der Waals surface area contributed by atoms with E-state index in [1.807, 2.05) is 0 Å². The Bertz CT molecular complexity index is 168. The van der Waals surface area contributed by atoms with Gasteiger partial charge >= 0.3 is 0 Å². The van der Waals surface area contributed by atoms with E-state index in [4.69, 9.17) is 24.4 Å². The van der Waals surface area contributed by atoms with Crippen LogP contribution in [0.4, 0.5) is 0 Å². The van der Waals surface area contributed by atoms with E-state index in [-0.39, 0.29) is 6.61 Å². The lowest BCUT2D eigenvalue weighted by molar-refractivity contribution is 0.0865. The Balaban J connectivity index is 0.000000172. The van der Waals surface area contributed by atoms with Crippen LogP contribution in [0.2, 0.25) is 0 Å². The first-order valence-electron chi connectivity index (χ1n) is 6.36. The summed E-state index contributed by atoms with van der Waals surface area (Å²) in [5.41, 5.74) is 0. The van der Waals surface area contributed by atoms with E-state index in [2.05, 4.69) is 6.92 Å². The minimum Gasteiger partial charge on any atom is -0.394 e. The van der Waals surface area contributed by atoms with E-state index >= 15 is 0 Å². The fourth-order valence-electron chi connectivity index (χ4n) is 1.19. The van der Waals surface area contributed by atoms with Crippen molar-refractivity contribution in [2.24, 2.45) is 0 Å². The summed E-state index contributed by atoms with van der Waals surface area (Å²) in [6.45, 7) is 5.22. The molecule has 0 saturated carbocycles. The lowest BCUT2D eigenvalue weighted by atomic mass is 10.2. The summed E-state index contributed by atoms with van der Waals surface area (Å²) in [6, 6.07) is 0. The maximum atomic E-state index is 8.74. The molecule has 17 heavy (non-hydrogen) atoms. The fraction of sp³-hybridized carbons (Fsp3) is 1.00. The average Bonchev–Trinajstić information content (AvgIpc) is 3.20. The molecule has 3 unspecified atom stereocenters. The van der Waals surface area contributed by atoms with Gasteiger partial charge in [-0.2, -0.15) is 0 Å². The molecule has 2 heterocycles. The van der Waals surface area contributed by atoms with Crippen molar-refractivity contribution >= 4 is 0 Å². The van der Waals surface area contributed by atoms with Gasteiger partial charge in [-0.05, 0) is 6.42 Å². The summed E-state index contributed by atoms with van der Waals surface area (Å²) >= 11 is 0. The molecule has 0 aromatic carbocycles. The largest absolute Gasteiger partial charge is 0.394 e. The molecule has 2 saturated heterocycles. The van der Waals surface area contributed by atoms with Crippen LogP contribution in [-0.2, 0) is 14.2 Å². The third-order valence-electron chi connectivity index (χ3n) is 2.51. The first-order valence-corrected chi connectivity index (χ1v) is 6.36. The molecule has 2 aliphatic heterocycles. The molecule has 102 valence electrons. The molecule has 2 aliphatic rings. The van der Waals surface area contributed by atoms with Gasteiger partial charge in [-0.1, -0.05) is 19.8 Å². The molecule has 2 fully saturated rings. The number of rotatable bonds is 8. The summed E-state index contributed by atoms with van der Waals surface area (Å²) in [6.07, 6.45) is 3.11. The van der Waals surface area contributed by atoms with E-state index in [1.54, 1.807) is 0 Å². The molecule has 5 nitrogen and oxygen atoms in total. The first-order chi connectivity index (χ1) is 8.26. The van der Waals surface area contributed by atoms with Crippen molar-refractivity contribution in [3.63, 3.8) is 0 Å². The van der Waals surface area contributed by atoms with Gasteiger partial charge in [0.1, 0.15) is 12.2 Å². The summed E-state index contributed by atoms with van der Waals surface area (Å²) in [5, 5.41) is 17.1. The maximum absolute atomic E-state index is 8.74. The molecule has 0 bridgehead atoms. The molecule has 0 aliphatic carbocycles. The van der Waals surface area contributed by atoms with Crippen molar-refractivity contribution in [1.82, 2.24) is 0 Å². The number of ether oxygens (including phenoxy) is 3. The third-order valence-corrected chi connectivity index (χ3v) is 2.51. The van der Waals surface area contributed by atoms with Crippen molar-refractivity contribution in [2.75, 3.05) is 33.0 Å². The lowest BCUT2D eigenvalue weighted by Crippen LogP contribution is -2.10. The van der Waals surface area contributed by atoms with Crippen molar-refractivity contribution in [3.05, 3.63) is 0 Å². The third kappa shape index (κ3) is 9.50. The van der Waals surface area contributed by atoms with Gasteiger partial charge in [0.15, 0.2) is 0 Å². The second-order valence-electron chi connectivity index (χ2n) is 4.43. The summed E-state index contributed by atoms with van der Waals surface area (Å²) in [7, 11) is 0. The normalized spacial score (nSPS) is 27.0. The van der Waals surface area contributed by atoms with Crippen molar-refractivity contribution in [3.8, 4) is 0 Å². The van der Waals surface area contributed by atoms with Gasteiger partial charge in [0, 0.05) is 0 Å². The Morgan fingerprint density at radius 3 is 2.12 bits per heavy atom. The number of epoxide rings is 2. The summed E-state index contributed by atoms with van der Waals surface area (Å²) in [5.74, 6) is 0. The number of aliphatic hydroxyl groups is 2. The molecule has 3 atom stereocenters. The Labute approximate surface area is 103 Å². The van der Waals surface area contributed by atoms with Gasteiger partial charge in [-0.25, -0.2) is 0 Å².